The van der Waals surface area contributed by atoms with Gasteiger partial charge in [-0.2, -0.15) is 0 Å². The third kappa shape index (κ3) is 3.37. The van der Waals surface area contributed by atoms with Crippen LogP contribution in [-0.4, -0.2) is 28.5 Å². The van der Waals surface area contributed by atoms with Gasteiger partial charge in [0.15, 0.2) is 0 Å². The van der Waals surface area contributed by atoms with Crippen molar-refractivity contribution in [1.82, 2.24) is 4.98 Å². The number of anilines is 2. The maximum Gasteiger partial charge on any atom is 0.308 e. The lowest BCUT2D eigenvalue weighted by Gasteiger charge is -2.20. The van der Waals surface area contributed by atoms with Gasteiger partial charge in [0.05, 0.1) is 12.0 Å². The average molecular weight is 325 g/mol. The van der Waals surface area contributed by atoms with E-state index in [2.05, 4.69) is 10.3 Å². The molecule has 1 amide bonds. The van der Waals surface area contributed by atoms with Crippen LogP contribution >= 0.6 is 0 Å². The zero-order valence-electron chi connectivity index (χ0n) is 13.3. The summed E-state index contributed by atoms with van der Waals surface area (Å²) in [4.78, 5) is 29.0. The van der Waals surface area contributed by atoms with E-state index in [0.29, 0.717) is 0 Å². The number of carbonyl (C=O) groups is 2. The van der Waals surface area contributed by atoms with Crippen molar-refractivity contribution >= 4 is 23.4 Å². The van der Waals surface area contributed by atoms with Gasteiger partial charge in [0.2, 0.25) is 5.91 Å². The van der Waals surface area contributed by atoms with Crippen molar-refractivity contribution in [3.05, 3.63) is 54.2 Å². The summed E-state index contributed by atoms with van der Waals surface area (Å²) in [6, 6.07) is 13.3. The Balaban J connectivity index is 1.77. The number of aromatic nitrogens is 1. The minimum atomic E-state index is -0.924. The number of hydrogen-bond donors (Lipinski definition) is 2. The van der Waals surface area contributed by atoms with Crippen LogP contribution in [0.1, 0.15) is 24.9 Å². The van der Waals surface area contributed by atoms with E-state index in [1.54, 1.807) is 11.1 Å². The Labute approximate surface area is 140 Å². The Morgan fingerprint density at radius 1 is 1.33 bits per heavy atom. The lowest BCUT2D eigenvalue weighted by Crippen LogP contribution is -2.26. The summed E-state index contributed by atoms with van der Waals surface area (Å²) in [6.07, 6.45) is 1.78. The molecule has 2 N–H and O–H groups in total. The molecular weight excluding hydrogens is 306 g/mol. The molecule has 0 radical (unpaired) electrons. The van der Waals surface area contributed by atoms with E-state index in [1.807, 2.05) is 49.4 Å². The minimum absolute atomic E-state index is 0.00725. The van der Waals surface area contributed by atoms with Gasteiger partial charge in [0.25, 0.3) is 0 Å². The summed E-state index contributed by atoms with van der Waals surface area (Å²) in [5.74, 6) is -0.930. The van der Waals surface area contributed by atoms with E-state index in [-0.39, 0.29) is 24.9 Å². The number of carboxylic acid groups (broad SMARTS) is 1. The third-order valence-corrected chi connectivity index (χ3v) is 4.19. The molecule has 6 nitrogen and oxygen atoms in total. The maximum atomic E-state index is 12.1. The van der Waals surface area contributed by atoms with Crippen LogP contribution in [0.2, 0.25) is 0 Å². The fourth-order valence-corrected chi connectivity index (χ4v) is 2.84. The lowest BCUT2D eigenvalue weighted by molar-refractivity contribution is -0.141. The van der Waals surface area contributed by atoms with E-state index in [1.165, 1.54) is 0 Å². The van der Waals surface area contributed by atoms with Crippen LogP contribution in [0.4, 0.5) is 11.5 Å². The number of aliphatic carboxylic acids is 1. The van der Waals surface area contributed by atoms with Gasteiger partial charge in [-0.05, 0) is 36.8 Å². The molecule has 1 aliphatic heterocycles. The average Bonchev–Trinajstić information content (AvgIpc) is 2.98. The Kier molecular flexibility index (Phi) is 4.46. The molecule has 2 unspecified atom stereocenters. The molecule has 1 saturated heterocycles. The topological polar surface area (TPSA) is 82.5 Å². The predicted molar refractivity (Wildman–Crippen MR) is 90.8 cm³/mol. The number of hydrogen-bond acceptors (Lipinski definition) is 4. The predicted octanol–water partition coefficient (Wildman–Crippen LogP) is 2.69. The van der Waals surface area contributed by atoms with Gasteiger partial charge in [0, 0.05) is 24.8 Å². The second-order valence-corrected chi connectivity index (χ2v) is 5.92. The number of nitrogens with zero attached hydrogens (tertiary/aromatic N) is 2. The summed E-state index contributed by atoms with van der Waals surface area (Å²) in [5, 5.41) is 12.4. The highest BCUT2D eigenvalue weighted by Gasteiger charge is 2.35. The normalized spacial score (nSPS) is 18.5. The van der Waals surface area contributed by atoms with Crippen LogP contribution in [-0.2, 0) is 9.59 Å². The van der Waals surface area contributed by atoms with Crippen molar-refractivity contribution in [3.8, 4) is 0 Å². The van der Waals surface area contributed by atoms with Crippen LogP contribution in [0.15, 0.2) is 48.7 Å². The second-order valence-electron chi connectivity index (χ2n) is 5.92. The molecule has 24 heavy (non-hydrogen) atoms. The molecular formula is C18H19N3O3. The molecule has 3 rings (SSSR count). The lowest BCUT2D eigenvalue weighted by atomic mass is 10.1. The first kappa shape index (κ1) is 16.0. The molecule has 2 heterocycles. The first-order chi connectivity index (χ1) is 11.5. The molecule has 1 aromatic carbocycles. The zero-order chi connectivity index (χ0) is 17.1. The molecule has 2 aromatic rings. The van der Waals surface area contributed by atoms with Crippen molar-refractivity contribution in [2.45, 2.75) is 19.4 Å². The van der Waals surface area contributed by atoms with Crippen LogP contribution in [0.5, 0.6) is 0 Å². The maximum absolute atomic E-state index is 12.1. The third-order valence-electron chi connectivity index (χ3n) is 4.19. The van der Waals surface area contributed by atoms with Gasteiger partial charge >= 0.3 is 5.97 Å². The van der Waals surface area contributed by atoms with Crippen molar-refractivity contribution in [3.63, 3.8) is 0 Å². The van der Waals surface area contributed by atoms with Crippen molar-refractivity contribution in [1.29, 1.82) is 0 Å². The van der Waals surface area contributed by atoms with E-state index < -0.39 is 11.9 Å². The molecule has 1 aromatic heterocycles. The number of carboxylic acids is 1. The smallest absolute Gasteiger partial charge is 0.308 e. The molecule has 0 spiro atoms. The molecule has 6 heteroatoms. The highest BCUT2D eigenvalue weighted by Crippen LogP contribution is 2.28. The Morgan fingerprint density at radius 2 is 2.17 bits per heavy atom. The Morgan fingerprint density at radius 3 is 2.83 bits per heavy atom. The van der Waals surface area contributed by atoms with Crippen LogP contribution < -0.4 is 10.2 Å². The number of rotatable bonds is 5. The number of nitrogens with one attached hydrogen (secondary N) is 1. The first-order valence-corrected chi connectivity index (χ1v) is 7.85. The van der Waals surface area contributed by atoms with Crippen molar-refractivity contribution in [2.24, 2.45) is 5.92 Å². The largest absolute Gasteiger partial charge is 0.481 e. The highest BCUT2D eigenvalue weighted by molar-refractivity contribution is 5.99. The van der Waals surface area contributed by atoms with E-state index in [9.17, 15) is 9.59 Å². The first-order valence-electron chi connectivity index (χ1n) is 7.85. The van der Waals surface area contributed by atoms with Crippen LogP contribution in [0.3, 0.4) is 0 Å². The molecule has 0 bridgehead atoms. The van der Waals surface area contributed by atoms with Gasteiger partial charge < -0.3 is 15.3 Å². The van der Waals surface area contributed by atoms with E-state index in [4.69, 9.17) is 5.11 Å². The molecule has 124 valence electrons. The molecule has 1 aliphatic rings. The summed E-state index contributed by atoms with van der Waals surface area (Å²) in [5.41, 5.74) is 1.74. The minimum Gasteiger partial charge on any atom is -0.481 e. The quantitative estimate of drug-likeness (QED) is 0.883. The number of benzene rings is 1. The molecule has 0 aliphatic carbocycles. The zero-order valence-corrected chi connectivity index (χ0v) is 13.3. The van der Waals surface area contributed by atoms with Crippen molar-refractivity contribution < 1.29 is 14.7 Å². The second kappa shape index (κ2) is 6.70. The molecule has 0 saturated carbocycles. The van der Waals surface area contributed by atoms with E-state index >= 15 is 0 Å². The Bertz CT molecular complexity index is 748. The summed E-state index contributed by atoms with van der Waals surface area (Å²) < 4.78 is 0. The van der Waals surface area contributed by atoms with Gasteiger partial charge in [-0.3, -0.25) is 9.59 Å². The van der Waals surface area contributed by atoms with Gasteiger partial charge in [-0.1, -0.05) is 18.2 Å². The van der Waals surface area contributed by atoms with Gasteiger partial charge in [0.1, 0.15) is 5.82 Å². The van der Waals surface area contributed by atoms with E-state index in [0.717, 1.165) is 17.1 Å². The van der Waals surface area contributed by atoms with Crippen LogP contribution in [0, 0.1) is 5.92 Å². The fraction of sp³-hybridized carbons (Fsp3) is 0.278. The summed E-state index contributed by atoms with van der Waals surface area (Å²) >= 11 is 0. The number of carbonyl (C=O) groups excluding carboxylic acids is 1. The standard InChI is InChI=1S/C18H19N3O3/c1-12(20-16-7-2-3-8-19-16)13-5-4-6-15(9-13)21-11-14(18(23)24)10-17(21)22/h2-9,12,14H,10-11H2,1H3,(H,19,20)(H,23,24). The Hall–Kier alpha value is -2.89. The molecule has 2 atom stereocenters. The van der Waals surface area contributed by atoms with Gasteiger partial charge in [-0.25, -0.2) is 4.98 Å². The fourth-order valence-electron chi connectivity index (χ4n) is 2.84. The number of amides is 1. The number of pyridine rings is 1. The summed E-state index contributed by atoms with van der Waals surface area (Å²) in [6.45, 7) is 2.24. The van der Waals surface area contributed by atoms with Crippen LogP contribution in [0.25, 0.3) is 0 Å². The molecule has 1 fully saturated rings. The highest BCUT2D eigenvalue weighted by atomic mass is 16.4. The van der Waals surface area contributed by atoms with Gasteiger partial charge in [-0.15, -0.1) is 0 Å². The SMILES string of the molecule is CC(Nc1ccccn1)c1cccc(N2CC(C(=O)O)CC2=O)c1. The summed E-state index contributed by atoms with van der Waals surface area (Å²) in [7, 11) is 0. The monoisotopic (exact) mass is 325 g/mol. The van der Waals surface area contributed by atoms with Crippen molar-refractivity contribution in [2.75, 3.05) is 16.8 Å².